The molecule has 0 bridgehead atoms. The van der Waals surface area contributed by atoms with Gasteiger partial charge in [-0.3, -0.25) is 9.69 Å². The summed E-state index contributed by atoms with van der Waals surface area (Å²) >= 11 is 7.64. The van der Waals surface area contributed by atoms with Crippen molar-refractivity contribution in [3.05, 3.63) is 71.3 Å². The smallest absolute Gasteiger partial charge is 0.250 e. The van der Waals surface area contributed by atoms with Crippen molar-refractivity contribution in [2.75, 3.05) is 4.90 Å². The zero-order valence-electron chi connectivity index (χ0n) is 14.5. The lowest BCUT2D eigenvalue weighted by Gasteiger charge is -2.20. The number of hydrogen-bond acceptors (Lipinski definition) is 5. The largest absolute Gasteiger partial charge is 0.282 e. The zero-order valence-corrected chi connectivity index (χ0v) is 16.1. The van der Waals surface area contributed by atoms with Gasteiger partial charge in [0.2, 0.25) is 0 Å². The van der Waals surface area contributed by atoms with Gasteiger partial charge < -0.3 is 0 Å². The molecule has 0 N–H and O–H groups in total. The number of thiazole rings is 1. The van der Waals surface area contributed by atoms with Gasteiger partial charge in [-0.15, -0.1) is 0 Å². The van der Waals surface area contributed by atoms with Crippen molar-refractivity contribution >= 4 is 44.2 Å². The topological polar surface area (TPSA) is 63.9 Å². The first-order chi connectivity index (χ1) is 13.1. The van der Waals surface area contributed by atoms with E-state index in [1.165, 1.54) is 28.7 Å². The van der Waals surface area contributed by atoms with Gasteiger partial charge in [-0.25, -0.2) is 14.6 Å². The maximum absolute atomic E-state index is 13.0. The molecule has 0 aliphatic heterocycles. The van der Waals surface area contributed by atoms with Crippen LogP contribution in [0.3, 0.4) is 0 Å². The molecule has 0 aliphatic rings. The molecule has 0 atom stereocenters. The van der Waals surface area contributed by atoms with Crippen molar-refractivity contribution in [2.24, 2.45) is 0 Å². The van der Waals surface area contributed by atoms with E-state index in [2.05, 4.69) is 10.1 Å². The lowest BCUT2D eigenvalue weighted by atomic mass is 10.2. The van der Waals surface area contributed by atoms with E-state index in [9.17, 15) is 4.79 Å². The fraction of sp³-hybridized carbons (Fsp3) is 0.158. The molecule has 2 heterocycles. The van der Waals surface area contributed by atoms with Gasteiger partial charge in [0.25, 0.3) is 5.91 Å². The predicted octanol–water partition coefficient (Wildman–Crippen LogP) is 4.08. The highest BCUT2D eigenvalue weighted by molar-refractivity contribution is 7.22. The molecule has 27 heavy (non-hydrogen) atoms. The van der Waals surface area contributed by atoms with E-state index in [1.807, 2.05) is 49.4 Å². The van der Waals surface area contributed by atoms with E-state index in [0.717, 1.165) is 21.3 Å². The summed E-state index contributed by atoms with van der Waals surface area (Å²) < 4.78 is 2.47. The highest BCUT2D eigenvalue weighted by Gasteiger charge is 2.21. The zero-order chi connectivity index (χ0) is 18.8. The molecule has 4 aromatic rings. The molecular weight excluding hydrogens is 382 g/mol. The van der Waals surface area contributed by atoms with Gasteiger partial charge in [-0.2, -0.15) is 5.10 Å². The number of amides is 1. The van der Waals surface area contributed by atoms with Crippen molar-refractivity contribution in [3.8, 4) is 0 Å². The first-order valence-corrected chi connectivity index (χ1v) is 9.53. The van der Waals surface area contributed by atoms with Crippen LogP contribution in [-0.2, 0) is 17.9 Å². The summed E-state index contributed by atoms with van der Waals surface area (Å²) in [7, 11) is 0. The van der Waals surface area contributed by atoms with Crippen molar-refractivity contribution in [1.29, 1.82) is 0 Å². The molecule has 2 aromatic heterocycles. The standard InChI is InChI=1S/C19H16ClN5OS/c1-13-7-15(20)8-16-18(13)23-19(27-16)25(9-14-5-3-2-4-6-14)17(26)10-24-12-21-11-22-24/h2-8,11-12H,9-10H2,1H3. The Morgan fingerprint density at radius 2 is 2.07 bits per heavy atom. The summed E-state index contributed by atoms with van der Waals surface area (Å²) in [5.41, 5.74) is 2.88. The highest BCUT2D eigenvalue weighted by atomic mass is 35.5. The summed E-state index contributed by atoms with van der Waals surface area (Å²) in [6.07, 6.45) is 2.94. The van der Waals surface area contributed by atoms with Crippen LogP contribution in [0.15, 0.2) is 55.1 Å². The Morgan fingerprint density at radius 1 is 1.26 bits per heavy atom. The quantitative estimate of drug-likeness (QED) is 0.509. The molecule has 1 amide bonds. The fourth-order valence-corrected chi connectivity index (χ4v) is 4.26. The second-order valence-corrected chi connectivity index (χ2v) is 7.57. The Bertz CT molecular complexity index is 1080. The molecule has 0 radical (unpaired) electrons. The van der Waals surface area contributed by atoms with Gasteiger partial charge in [0.05, 0.1) is 16.8 Å². The molecule has 2 aromatic carbocycles. The third kappa shape index (κ3) is 3.84. The first kappa shape index (κ1) is 17.6. The van der Waals surface area contributed by atoms with Crippen LogP contribution in [0.4, 0.5) is 5.13 Å². The Kier molecular flexibility index (Phi) is 4.87. The second-order valence-electron chi connectivity index (χ2n) is 6.12. The molecule has 0 unspecified atom stereocenters. The number of nitrogens with zero attached hydrogens (tertiary/aromatic N) is 5. The lowest BCUT2D eigenvalue weighted by Crippen LogP contribution is -2.33. The third-order valence-corrected chi connectivity index (χ3v) is 5.36. The minimum absolute atomic E-state index is 0.0997. The number of anilines is 1. The molecule has 0 spiro atoms. The minimum atomic E-state index is -0.104. The van der Waals surface area contributed by atoms with E-state index in [-0.39, 0.29) is 12.5 Å². The number of carbonyl (C=O) groups excluding carboxylic acids is 1. The van der Waals surface area contributed by atoms with Crippen LogP contribution >= 0.6 is 22.9 Å². The molecule has 0 saturated carbocycles. The average Bonchev–Trinajstić information content (AvgIpc) is 3.30. The van der Waals surface area contributed by atoms with Crippen LogP contribution in [0.1, 0.15) is 11.1 Å². The third-order valence-electron chi connectivity index (χ3n) is 4.12. The maximum atomic E-state index is 13.0. The number of rotatable bonds is 5. The van der Waals surface area contributed by atoms with Crippen molar-refractivity contribution < 1.29 is 4.79 Å². The molecule has 4 rings (SSSR count). The second kappa shape index (κ2) is 7.46. The number of halogens is 1. The molecule has 8 heteroatoms. The molecule has 0 saturated heterocycles. The van der Waals surface area contributed by atoms with Crippen molar-refractivity contribution in [3.63, 3.8) is 0 Å². The summed E-state index contributed by atoms with van der Waals surface area (Å²) in [5, 5.41) is 5.34. The van der Waals surface area contributed by atoms with Gasteiger partial charge in [0, 0.05) is 5.02 Å². The average molecular weight is 398 g/mol. The van der Waals surface area contributed by atoms with Crippen molar-refractivity contribution in [1.82, 2.24) is 19.7 Å². The first-order valence-electron chi connectivity index (χ1n) is 8.33. The highest BCUT2D eigenvalue weighted by Crippen LogP contribution is 2.33. The molecule has 6 nitrogen and oxygen atoms in total. The summed E-state index contributed by atoms with van der Waals surface area (Å²) in [4.78, 5) is 23.3. The number of fused-ring (bicyclic) bond motifs is 1. The van der Waals surface area contributed by atoms with E-state index in [4.69, 9.17) is 16.6 Å². The predicted molar refractivity (Wildman–Crippen MR) is 107 cm³/mol. The summed E-state index contributed by atoms with van der Waals surface area (Å²) in [5.74, 6) is -0.104. The summed E-state index contributed by atoms with van der Waals surface area (Å²) in [6.45, 7) is 2.50. The van der Waals surface area contributed by atoms with Gasteiger partial charge in [-0.1, -0.05) is 53.3 Å². The number of hydrogen-bond donors (Lipinski definition) is 0. The Morgan fingerprint density at radius 3 is 2.81 bits per heavy atom. The van der Waals surface area contributed by atoms with E-state index >= 15 is 0 Å². The number of benzene rings is 2. The molecule has 136 valence electrons. The number of aryl methyl sites for hydroxylation is 1. The van der Waals surface area contributed by atoms with E-state index in [0.29, 0.717) is 16.7 Å². The van der Waals surface area contributed by atoms with Gasteiger partial charge >= 0.3 is 0 Å². The number of carbonyl (C=O) groups is 1. The van der Waals surface area contributed by atoms with Gasteiger partial charge in [0.15, 0.2) is 5.13 Å². The Balaban J connectivity index is 1.72. The molecular formula is C19H16ClN5OS. The van der Waals surface area contributed by atoms with Crippen LogP contribution in [0.2, 0.25) is 5.02 Å². The van der Waals surface area contributed by atoms with Crippen molar-refractivity contribution in [2.45, 2.75) is 20.0 Å². The molecule has 0 fully saturated rings. The van der Waals surface area contributed by atoms with Gasteiger partial charge in [-0.05, 0) is 30.2 Å². The van der Waals surface area contributed by atoms with Crippen LogP contribution in [0.5, 0.6) is 0 Å². The maximum Gasteiger partial charge on any atom is 0.250 e. The van der Waals surface area contributed by atoms with Crippen LogP contribution in [0, 0.1) is 6.92 Å². The van der Waals surface area contributed by atoms with Crippen LogP contribution in [-0.4, -0.2) is 25.7 Å². The fourth-order valence-electron chi connectivity index (χ4n) is 2.82. The lowest BCUT2D eigenvalue weighted by molar-refractivity contribution is -0.119. The number of aromatic nitrogens is 4. The Labute approximate surface area is 165 Å². The minimum Gasteiger partial charge on any atom is -0.282 e. The monoisotopic (exact) mass is 397 g/mol. The normalized spacial score (nSPS) is 11.0. The van der Waals surface area contributed by atoms with Crippen LogP contribution in [0.25, 0.3) is 10.2 Å². The van der Waals surface area contributed by atoms with E-state index < -0.39 is 0 Å². The van der Waals surface area contributed by atoms with Crippen LogP contribution < -0.4 is 4.90 Å². The van der Waals surface area contributed by atoms with E-state index in [1.54, 1.807) is 4.90 Å². The molecule has 0 aliphatic carbocycles. The van der Waals surface area contributed by atoms with Gasteiger partial charge in [0.1, 0.15) is 19.2 Å². The SMILES string of the molecule is Cc1cc(Cl)cc2sc(N(Cc3ccccc3)C(=O)Cn3cncn3)nc12. The Hall–Kier alpha value is -2.77. The summed E-state index contributed by atoms with van der Waals surface area (Å²) in [6, 6.07) is 13.6.